The Labute approximate surface area is 204 Å². The molecule has 34 heavy (non-hydrogen) atoms. The van der Waals surface area contributed by atoms with Crippen LogP contribution in [-0.2, 0) is 4.79 Å². The molecule has 3 N–H and O–H groups in total. The van der Waals surface area contributed by atoms with Crippen LogP contribution in [0.5, 0.6) is 0 Å². The van der Waals surface area contributed by atoms with Gasteiger partial charge in [-0.1, -0.05) is 17.7 Å². The summed E-state index contributed by atoms with van der Waals surface area (Å²) in [6.45, 7) is -0.0524. The molecule has 1 aliphatic rings. The van der Waals surface area contributed by atoms with Crippen molar-refractivity contribution in [2.45, 2.75) is 23.5 Å². The Morgan fingerprint density at radius 3 is 2.47 bits per heavy atom. The Bertz CT molecular complexity index is 1240. The number of anilines is 2. The van der Waals surface area contributed by atoms with Gasteiger partial charge in [-0.15, -0.1) is 12.6 Å². The fraction of sp³-hybridized carbons (Fsp3) is 0.167. The lowest BCUT2D eigenvalue weighted by Gasteiger charge is -2.24. The monoisotopic (exact) mass is 503 g/mol. The molecule has 3 amide bonds. The zero-order valence-corrected chi connectivity index (χ0v) is 19.3. The molecule has 10 heteroatoms. The number of rotatable bonds is 4. The summed E-state index contributed by atoms with van der Waals surface area (Å²) in [7, 11) is 0. The lowest BCUT2D eigenvalue weighted by Crippen LogP contribution is -2.45. The summed E-state index contributed by atoms with van der Waals surface area (Å²) < 4.78 is 28.4. The van der Waals surface area contributed by atoms with Crippen molar-refractivity contribution in [1.29, 1.82) is 0 Å². The largest absolute Gasteiger partial charge is 0.391 e. The van der Waals surface area contributed by atoms with E-state index in [4.69, 9.17) is 11.6 Å². The minimum Gasteiger partial charge on any atom is -0.391 e. The zero-order chi connectivity index (χ0) is 24.4. The van der Waals surface area contributed by atoms with E-state index < -0.39 is 35.7 Å². The highest BCUT2D eigenvalue weighted by Gasteiger charge is 2.39. The predicted octanol–water partition coefficient (Wildman–Crippen LogP) is 5.18. The average molecular weight is 504 g/mol. The first kappa shape index (κ1) is 24.0. The third-order valence-corrected chi connectivity index (χ3v) is 6.08. The summed E-state index contributed by atoms with van der Waals surface area (Å²) in [4.78, 5) is 27.3. The second-order valence-corrected chi connectivity index (χ2v) is 8.76. The van der Waals surface area contributed by atoms with E-state index in [1.54, 1.807) is 24.3 Å². The van der Waals surface area contributed by atoms with Gasteiger partial charge in [-0.3, -0.25) is 4.79 Å². The van der Waals surface area contributed by atoms with E-state index in [9.17, 15) is 23.5 Å². The number of aliphatic hydroxyl groups is 1. The van der Waals surface area contributed by atoms with Crippen LogP contribution in [0.15, 0.2) is 65.6 Å². The minimum absolute atomic E-state index is 0.00583. The van der Waals surface area contributed by atoms with Gasteiger partial charge in [0, 0.05) is 28.6 Å². The van der Waals surface area contributed by atoms with Crippen molar-refractivity contribution < 1.29 is 23.5 Å². The number of hydrogen-bond donors (Lipinski definition) is 4. The molecule has 0 aliphatic carbocycles. The third kappa shape index (κ3) is 5.32. The van der Waals surface area contributed by atoms with Gasteiger partial charge in [0.1, 0.15) is 17.7 Å². The highest BCUT2D eigenvalue weighted by molar-refractivity contribution is 7.80. The van der Waals surface area contributed by atoms with E-state index in [1.807, 2.05) is 0 Å². The fourth-order valence-corrected chi connectivity index (χ4v) is 4.15. The molecule has 3 aromatic rings. The number of likely N-dealkylation sites (tertiary alicyclic amines) is 1. The number of carbonyl (C=O) groups excluding carboxylic acids is 2. The fourth-order valence-electron chi connectivity index (χ4n) is 3.75. The molecule has 0 aromatic heterocycles. The molecule has 0 saturated carbocycles. The molecule has 2 unspecified atom stereocenters. The maximum atomic E-state index is 14.8. The Morgan fingerprint density at radius 1 is 1.03 bits per heavy atom. The van der Waals surface area contributed by atoms with Crippen molar-refractivity contribution in [3.63, 3.8) is 0 Å². The molecule has 4 rings (SSSR count). The van der Waals surface area contributed by atoms with Gasteiger partial charge in [0.2, 0.25) is 5.91 Å². The highest BCUT2D eigenvalue weighted by Crippen LogP contribution is 2.30. The van der Waals surface area contributed by atoms with Crippen LogP contribution in [0, 0.1) is 11.6 Å². The molecule has 1 fully saturated rings. The van der Waals surface area contributed by atoms with E-state index in [0.29, 0.717) is 26.7 Å². The minimum atomic E-state index is -1.01. The van der Waals surface area contributed by atoms with Crippen molar-refractivity contribution in [3.8, 4) is 11.1 Å². The number of thiol groups is 1. The van der Waals surface area contributed by atoms with Crippen LogP contribution in [-0.4, -0.2) is 40.6 Å². The number of nitrogens with one attached hydrogen (secondary N) is 2. The number of β-amino-alcohol motifs (C(OH)–C–C–N with tert-alkyl or cyclic N) is 1. The average Bonchev–Trinajstić information content (AvgIpc) is 3.20. The summed E-state index contributed by atoms with van der Waals surface area (Å²) in [6.07, 6.45) is -0.896. The summed E-state index contributed by atoms with van der Waals surface area (Å²) >= 11 is 10.1. The first-order chi connectivity index (χ1) is 16.2. The van der Waals surface area contributed by atoms with E-state index >= 15 is 0 Å². The number of carbonyl (C=O) groups is 2. The van der Waals surface area contributed by atoms with Gasteiger partial charge in [-0.2, -0.15) is 0 Å². The topological polar surface area (TPSA) is 81.7 Å². The van der Waals surface area contributed by atoms with Crippen LogP contribution in [0.4, 0.5) is 25.0 Å². The van der Waals surface area contributed by atoms with Crippen molar-refractivity contribution in [3.05, 3.63) is 77.3 Å². The molecule has 6 nitrogen and oxygen atoms in total. The lowest BCUT2D eigenvalue weighted by molar-refractivity contribution is -0.119. The van der Waals surface area contributed by atoms with Gasteiger partial charge >= 0.3 is 6.03 Å². The standard InChI is InChI=1S/C24H20ClF2N3O3S/c25-14-2-5-16(6-3-14)28-24(33)30-12-17(31)11-21(30)23(32)29-20-7-1-13(9-19(20)27)18-10-15(26)4-8-22(18)34/h1-10,17,21,31,34H,11-12H2,(H,28,33)(H,29,32). The predicted molar refractivity (Wildman–Crippen MR) is 129 cm³/mol. The number of benzene rings is 3. The molecule has 0 spiro atoms. The molecular formula is C24H20ClF2N3O3S. The number of halogens is 3. The van der Waals surface area contributed by atoms with Crippen LogP contribution < -0.4 is 10.6 Å². The van der Waals surface area contributed by atoms with Crippen molar-refractivity contribution in [1.82, 2.24) is 4.90 Å². The Balaban J connectivity index is 1.49. The molecule has 1 saturated heterocycles. The molecule has 1 aliphatic heterocycles. The summed E-state index contributed by atoms with van der Waals surface area (Å²) in [5.74, 6) is -1.86. The van der Waals surface area contributed by atoms with E-state index in [-0.39, 0.29) is 18.7 Å². The van der Waals surface area contributed by atoms with Crippen LogP contribution in [0.3, 0.4) is 0 Å². The zero-order valence-electron chi connectivity index (χ0n) is 17.6. The second-order valence-electron chi connectivity index (χ2n) is 7.84. The summed E-state index contributed by atoms with van der Waals surface area (Å²) in [5, 5.41) is 15.7. The molecule has 3 aromatic carbocycles. The quantitative estimate of drug-likeness (QED) is 0.370. The van der Waals surface area contributed by atoms with Crippen LogP contribution >= 0.6 is 24.2 Å². The SMILES string of the molecule is O=C(Nc1ccc(-c2cc(F)ccc2S)cc1F)C1CC(O)CN1C(=O)Nc1ccc(Cl)cc1. The first-order valence-corrected chi connectivity index (χ1v) is 11.1. The van der Waals surface area contributed by atoms with E-state index in [1.165, 1.54) is 41.3 Å². The number of nitrogens with zero attached hydrogens (tertiary/aromatic N) is 1. The van der Waals surface area contributed by atoms with Crippen LogP contribution in [0.1, 0.15) is 6.42 Å². The van der Waals surface area contributed by atoms with Gasteiger partial charge in [0.05, 0.1) is 11.8 Å². The maximum absolute atomic E-state index is 14.8. The molecule has 1 heterocycles. The lowest BCUT2D eigenvalue weighted by atomic mass is 10.0. The smallest absolute Gasteiger partial charge is 0.322 e. The van der Waals surface area contributed by atoms with Crippen molar-refractivity contribution in [2.24, 2.45) is 0 Å². The van der Waals surface area contributed by atoms with Gasteiger partial charge in [0.25, 0.3) is 0 Å². The first-order valence-electron chi connectivity index (χ1n) is 10.3. The highest BCUT2D eigenvalue weighted by atomic mass is 35.5. The summed E-state index contributed by atoms with van der Waals surface area (Å²) in [6, 6.07) is 12.8. The molecule has 176 valence electrons. The number of urea groups is 1. The second kappa shape index (κ2) is 10.0. The van der Waals surface area contributed by atoms with Crippen molar-refractivity contribution >= 4 is 47.5 Å². The van der Waals surface area contributed by atoms with Gasteiger partial charge < -0.3 is 20.6 Å². The maximum Gasteiger partial charge on any atom is 0.322 e. The molecular weight excluding hydrogens is 484 g/mol. The van der Waals surface area contributed by atoms with Gasteiger partial charge in [0.15, 0.2) is 0 Å². The van der Waals surface area contributed by atoms with Crippen LogP contribution in [0.25, 0.3) is 11.1 Å². The van der Waals surface area contributed by atoms with E-state index in [2.05, 4.69) is 23.3 Å². The number of hydrogen-bond acceptors (Lipinski definition) is 4. The molecule has 2 atom stereocenters. The van der Waals surface area contributed by atoms with Crippen LogP contribution in [0.2, 0.25) is 5.02 Å². The van der Waals surface area contributed by atoms with E-state index in [0.717, 1.165) is 0 Å². The number of amides is 3. The van der Waals surface area contributed by atoms with Crippen molar-refractivity contribution in [2.75, 3.05) is 17.2 Å². The van der Waals surface area contributed by atoms with Gasteiger partial charge in [-0.05, 0) is 65.7 Å². The Kier molecular flexibility index (Phi) is 7.06. The molecule has 0 radical (unpaired) electrons. The third-order valence-electron chi connectivity index (χ3n) is 5.43. The molecule has 0 bridgehead atoms. The summed E-state index contributed by atoms with van der Waals surface area (Å²) in [5.41, 5.74) is 1.16. The van der Waals surface area contributed by atoms with Gasteiger partial charge in [-0.25, -0.2) is 13.6 Å². The Hall–Kier alpha value is -3.14. The normalized spacial score (nSPS) is 17.5. The Morgan fingerprint density at radius 2 is 1.76 bits per heavy atom. The number of aliphatic hydroxyl groups excluding tert-OH is 1.